The van der Waals surface area contributed by atoms with Crippen molar-refractivity contribution in [3.63, 3.8) is 0 Å². The molecule has 1 aromatic rings. The van der Waals surface area contributed by atoms with Crippen LogP contribution in [0.3, 0.4) is 0 Å². The predicted molar refractivity (Wildman–Crippen MR) is 95.0 cm³/mol. The van der Waals surface area contributed by atoms with E-state index in [1.807, 2.05) is 12.1 Å². The fourth-order valence-electron chi connectivity index (χ4n) is 2.71. The minimum absolute atomic E-state index is 0.0164. The van der Waals surface area contributed by atoms with Crippen molar-refractivity contribution in [2.45, 2.75) is 59.0 Å². The van der Waals surface area contributed by atoms with Gasteiger partial charge in [0.15, 0.2) is 0 Å². The molecule has 0 aliphatic rings. The van der Waals surface area contributed by atoms with E-state index >= 15 is 0 Å². The molecule has 0 fully saturated rings. The fourth-order valence-corrected chi connectivity index (χ4v) is 3.57. The molecule has 1 atom stereocenters. The molecule has 0 aromatic heterocycles. The summed E-state index contributed by atoms with van der Waals surface area (Å²) in [6.07, 6.45) is 7.03. The van der Waals surface area contributed by atoms with Crippen LogP contribution in [0.1, 0.15) is 58.1 Å². The van der Waals surface area contributed by atoms with Gasteiger partial charge in [0.1, 0.15) is 13.2 Å². The molecule has 1 rings (SSSR count). The molecule has 1 aromatic carbocycles. The van der Waals surface area contributed by atoms with E-state index in [1.165, 1.54) is 6.42 Å². The molecule has 22 heavy (non-hydrogen) atoms. The third kappa shape index (κ3) is 4.72. The number of hydrogen-bond acceptors (Lipinski definition) is 3. The second kappa shape index (κ2) is 7.99. The van der Waals surface area contributed by atoms with E-state index in [1.54, 1.807) is 7.11 Å². The normalized spacial score (nSPS) is 12.6. The first-order chi connectivity index (χ1) is 10.2. The van der Waals surface area contributed by atoms with E-state index in [0.717, 1.165) is 18.4 Å². The fraction of sp³-hybridized carbons (Fsp3) is 0.611. The maximum absolute atomic E-state index is 11.9. The van der Waals surface area contributed by atoms with Crippen molar-refractivity contribution in [3.8, 4) is 5.75 Å². The van der Waals surface area contributed by atoms with Crippen LogP contribution in [0.25, 0.3) is 0 Å². The Hall–Kier alpha value is -1.05. The molecule has 0 spiro atoms. The molecule has 0 aliphatic heterocycles. The summed E-state index contributed by atoms with van der Waals surface area (Å²) < 4.78 is 17.3. The Labute approximate surface area is 135 Å². The van der Waals surface area contributed by atoms with E-state index < -0.39 is 7.42 Å². The van der Waals surface area contributed by atoms with Gasteiger partial charge in [0.25, 0.3) is 0 Å². The SMILES string of the molecule is C=P(=O)c1c(CO)cc(C(C)(C)CCCC(C)C)cc1OC. The van der Waals surface area contributed by atoms with Gasteiger partial charge >= 0.3 is 0 Å². The second-order valence-electron chi connectivity index (χ2n) is 6.89. The lowest BCUT2D eigenvalue weighted by Gasteiger charge is -2.27. The zero-order valence-electron chi connectivity index (χ0n) is 14.5. The third-order valence-electron chi connectivity index (χ3n) is 4.16. The molecule has 1 N–H and O–H groups in total. The summed E-state index contributed by atoms with van der Waals surface area (Å²) in [4.78, 5) is 0. The lowest BCUT2D eigenvalue weighted by Crippen LogP contribution is -2.20. The Morgan fingerprint density at radius 3 is 2.45 bits per heavy atom. The van der Waals surface area contributed by atoms with Gasteiger partial charge in [-0.3, -0.25) is 4.57 Å². The summed E-state index contributed by atoms with van der Waals surface area (Å²) in [7, 11) is -0.238. The number of benzene rings is 1. The zero-order chi connectivity index (χ0) is 16.9. The van der Waals surface area contributed by atoms with Crippen LogP contribution < -0.4 is 10.0 Å². The van der Waals surface area contributed by atoms with Crippen LogP contribution >= 0.6 is 7.42 Å². The summed E-state index contributed by atoms with van der Waals surface area (Å²) in [6.45, 7) is 8.72. The van der Waals surface area contributed by atoms with E-state index in [-0.39, 0.29) is 12.0 Å². The van der Waals surface area contributed by atoms with Crippen molar-refractivity contribution >= 4 is 19.0 Å². The zero-order valence-corrected chi connectivity index (χ0v) is 15.4. The summed E-state index contributed by atoms with van der Waals surface area (Å²) >= 11 is 0. The van der Waals surface area contributed by atoms with Gasteiger partial charge in [0.2, 0.25) is 0 Å². The highest BCUT2D eigenvalue weighted by Gasteiger charge is 2.24. The summed E-state index contributed by atoms with van der Waals surface area (Å²) in [5.41, 5.74) is 1.75. The number of methoxy groups -OCH3 is 1. The van der Waals surface area contributed by atoms with Gasteiger partial charge < -0.3 is 9.84 Å². The second-order valence-corrected chi connectivity index (χ2v) is 8.10. The predicted octanol–water partition coefficient (Wildman–Crippen LogP) is 4.18. The highest BCUT2D eigenvalue weighted by molar-refractivity contribution is 7.52. The highest BCUT2D eigenvalue weighted by Crippen LogP contribution is 2.34. The van der Waals surface area contributed by atoms with Gasteiger partial charge in [-0.05, 0) is 41.2 Å². The van der Waals surface area contributed by atoms with Crippen molar-refractivity contribution < 1.29 is 14.4 Å². The topological polar surface area (TPSA) is 46.5 Å². The first kappa shape index (κ1) is 19.0. The first-order valence-corrected chi connectivity index (χ1v) is 9.27. The number of aliphatic hydroxyl groups is 1. The van der Waals surface area contributed by atoms with E-state index in [9.17, 15) is 9.67 Å². The maximum Gasteiger partial charge on any atom is 0.134 e. The highest BCUT2D eigenvalue weighted by atomic mass is 31.1. The summed E-state index contributed by atoms with van der Waals surface area (Å²) in [5, 5.41) is 10.1. The number of hydrogen-bond donors (Lipinski definition) is 1. The first-order valence-electron chi connectivity index (χ1n) is 7.83. The smallest absolute Gasteiger partial charge is 0.134 e. The Morgan fingerprint density at radius 2 is 2.00 bits per heavy atom. The molecular weight excluding hydrogens is 295 g/mol. The summed E-state index contributed by atoms with van der Waals surface area (Å²) in [6, 6.07) is 3.90. The van der Waals surface area contributed by atoms with Gasteiger partial charge in [-0.2, -0.15) is 0 Å². The molecule has 0 radical (unpaired) electrons. The van der Waals surface area contributed by atoms with Crippen LogP contribution in [-0.2, 0) is 16.6 Å². The van der Waals surface area contributed by atoms with Crippen LogP contribution in [0.2, 0.25) is 0 Å². The lowest BCUT2D eigenvalue weighted by atomic mass is 9.79. The van der Waals surface area contributed by atoms with E-state index in [2.05, 4.69) is 34.0 Å². The van der Waals surface area contributed by atoms with Gasteiger partial charge in [0, 0.05) is 0 Å². The van der Waals surface area contributed by atoms with E-state index in [4.69, 9.17) is 4.74 Å². The van der Waals surface area contributed by atoms with Gasteiger partial charge in [-0.1, -0.05) is 46.6 Å². The molecule has 124 valence electrons. The van der Waals surface area contributed by atoms with Crippen molar-refractivity contribution in [2.75, 3.05) is 7.11 Å². The Balaban J connectivity index is 3.19. The Morgan fingerprint density at radius 1 is 1.36 bits per heavy atom. The standard InChI is InChI=1S/C18H29O3P/c1-13(2)8-7-9-18(3,4)15-10-14(12-19)17(22(6)20)16(11-15)21-5/h10-11,13,19H,6-9,12H2,1-5H3. The molecule has 0 bridgehead atoms. The number of rotatable bonds is 8. The average Bonchev–Trinajstić information content (AvgIpc) is 2.44. The van der Waals surface area contributed by atoms with Crippen molar-refractivity contribution in [3.05, 3.63) is 23.3 Å². The molecule has 1 unspecified atom stereocenters. The minimum Gasteiger partial charge on any atom is -0.496 e. The van der Waals surface area contributed by atoms with Crippen LogP contribution in [0.4, 0.5) is 0 Å². The molecule has 0 heterocycles. The molecule has 0 saturated heterocycles. The maximum atomic E-state index is 11.9. The lowest BCUT2D eigenvalue weighted by molar-refractivity contribution is 0.281. The van der Waals surface area contributed by atoms with Crippen molar-refractivity contribution in [1.29, 1.82) is 0 Å². The van der Waals surface area contributed by atoms with Crippen LogP contribution in [-0.4, -0.2) is 18.5 Å². The molecule has 0 amide bonds. The van der Waals surface area contributed by atoms with Crippen LogP contribution in [0.15, 0.2) is 12.1 Å². The van der Waals surface area contributed by atoms with Gasteiger partial charge in [-0.25, -0.2) is 0 Å². The monoisotopic (exact) mass is 324 g/mol. The van der Waals surface area contributed by atoms with Crippen LogP contribution in [0, 0.1) is 5.92 Å². The largest absolute Gasteiger partial charge is 0.496 e. The molecular formula is C18H29O3P. The minimum atomic E-state index is -1.80. The third-order valence-corrected chi connectivity index (χ3v) is 5.16. The number of aliphatic hydroxyl groups excluding tert-OH is 1. The molecule has 0 aliphatic carbocycles. The van der Waals surface area contributed by atoms with Gasteiger partial charge in [-0.15, -0.1) is 0 Å². The van der Waals surface area contributed by atoms with Crippen molar-refractivity contribution in [2.24, 2.45) is 5.92 Å². The molecule has 4 heteroatoms. The van der Waals surface area contributed by atoms with Crippen molar-refractivity contribution in [1.82, 2.24) is 0 Å². The Bertz CT molecular complexity index is 539. The summed E-state index contributed by atoms with van der Waals surface area (Å²) in [5.74, 6) is 1.27. The quantitative estimate of drug-likeness (QED) is 0.730. The number of ether oxygens (including phenoxy) is 1. The van der Waals surface area contributed by atoms with Crippen LogP contribution in [0.5, 0.6) is 5.75 Å². The average molecular weight is 324 g/mol. The van der Waals surface area contributed by atoms with E-state index in [0.29, 0.717) is 22.5 Å². The van der Waals surface area contributed by atoms with Gasteiger partial charge in [0.05, 0.1) is 19.0 Å². The molecule has 3 nitrogen and oxygen atoms in total. The Kier molecular flexibility index (Phi) is 6.90. The molecule has 0 saturated carbocycles.